The van der Waals surface area contributed by atoms with Crippen molar-refractivity contribution in [1.29, 1.82) is 0 Å². The number of imidazole rings is 1. The zero-order valence-corrected chi connectivity index (χ0v) is 18.0. The molecule has 1 saturated heterocycles. The van der Waals surface area contributed by atoms with Gasteiger partial charge >= 0.3 is 0 Å². The normalized spacial score (nSPS) is 20.6. The van der Waals surface area contributed by atoms with Crippen molar-refractivity contribution in [2.24, 2.45) is 18.0 Å². The summed E-state index contributed by atoms with van der Waals surface area (Å²) in [7, 11) is 2.04. The summed E-state index contributed by atoms with van der Waals surface area (Å²) in [5, 5.41) is 8.20. The lowest BCUT2D eigenvalue weighted by atomic mass is 9.93. The van der Waals surface area contributed by atoms with Crippen LogP contribution in [0.5, 0.6) is 0 Å². The van der Waals surface area contributed by atoms with Gasteiger partial charge in [-0.2, -0.15) is 5.10 Å². The molecule has 0 amide bonds. The first-order valence-corrected chi connectivity index (χ1v) is 10.6. The fraction of sp³-hybridized carbons (Fsp3) is 0.667. The number of guanidine groups is 1. The molecule has 0 bridgehead atoms. The number of aromatic nitrogens is 4. The molecule has 3 heterocycles. The van der Waals surface area contributed by atoms with Crippen molar-refractivity contribution < 1.29 is 0 Å². The van der Waals surface area contributed by atoms with Gasteiger partial charge in [-0.3, -0.25) is 4.68 Å². The van der Waals surface area contributed by atoms with Crippen molar-refractivity contribution in [1.82, 2.24) is 29.5 Å². The second-order valence-corrected chi connectivity index (χ2v) is 7.66. The number of nitrogens with zero attached hydrogens (tertiary/aromatic N) is 6. The maximum atomic E-state index is 5.03. The molecule has 28 heavy (non-hydrogen) atoms. The van der Waals surface area contributed by atoms with Crippen molar-refractivity contribution in [3.63, 3.8) is 0 Å². The monoisotopic (exact) mass is 385 g/mol. The number of aryl methyl sites for hydroxylation is 2. The summed E-state index contributed by atoms with van der Waals surface area (Å²) in [4.78, 5) is 11.7. The quantitative estimate of drug-likeness (QED) is 0.613. The maximum Gasteiger partial charge on any atom is 0.194 e. The van der Waals surface area contributed by atoms with Crippen molar-refractivity contribution >= 4 is 5.96 Å². The molecule has 1 aliphatic heterocycles. The van der Waals surface area contributed by atoms with Gasteiger partial charge in [0.25, 0.3) is 0 Å². The molecular formula is C21H35N7. The Balaban J connectivity index is 1.81. The Morgan fingerprint density at radius 1 is 1.29 bits per heavy atom. The fourth-order valence-corrected chi connectivity index (χ4v) is 4.25. The predicted molar refractivity (Wildman–Crippen MR) is 113 cm³/mol. The first-order chi connectivity index (χ1) is 13.6. The summed E-state index contributed by atoms with van der Waals surface area (Å²) in [6.07, 6.45) is 8.96. The molecule has 7 nitrogen and oxygen atoms in total. The third-order valence-corrected chi connectivity index (χ3v) is 5.88. The van der Waals surface area contributed by atoms with E-state index in [0.717, 1.165) is 44.9 Å². The highest BCUT2D eigenvalue weighted by molar-refractivity contribution is 5.80. The third kappa shape index (κ3) is 4.23. The van der Waals surface area contributed by atoms with E-state index in [4.69, 9.17) is 10.1 Å². The van der Waals surface area contributed by atoms with Crippen LogP contribution in [0.1, 0.15) is 57.1 Å². The van der Waals surface area contributed by atoms with Crippen molar-refractivity contribution in [2.45, 2.75) is 59.5 Å². The second-order valence-electron chi connectivity index (χ2n) is 7.66. The van der Waals surface area contributed by atoms with E-state index in [1.54, 1.807) is 0 Å². The Hall–Kier alpha value is -2.31. The van der Waals surface area contributed by atoms with Crippen molar-refractivity contribution in [3.05, 3.63) is 35.7 Å². The number of piperidine rings is 1. The van der Waals surface area contributed by atoms with Gasteiger partial charge in [-0.25, -0.2) is 9.98 Å². The fourth-order valence-electron chi connectivity index (χ4n) is 4.25. The summed E-state index contributed by atoms with van der Waals surface area (Å²) in [5.74, 6) is 1.64. The minimum atomic E-state index is 0.427. The maximum absolute atomic E-state index is 5.03. The lowest BCUT2D eigenvalue weighted by molar-refractivity contribution is 0.189. The van der Waals surface area contributed by atoms with Crippen LogP contribution in [-0.2, 0) is 26.4 Å². The Labute approximate surface area is 168 Å². The van der Waals surface area contributed by atoms with E-state index in [1.165, 1.54) is 17.0 Å². The molecule has 1 N–H and O–H groups in total. The average Bonchev–Trinajstić information content (AvgIpc) is 3.33. The van der Waals surface area contributed by atoms with E-state index < -0.39 is 0 Å². The van der Waals surface area contributed by atoms with Gasteiger partial charge in [0.05, 0.1) is 24.6 Å². The van der Waals surface area contributed by atoms with Gasteiger partial charge in [-0.15, -0.1) is 0 Å². The highest BCUT2D eigenvalue weighted by atomic mass is 15.3. The van der Waals surface area contributed by atoms with E-state index in [9.17, 15) is 0 Å². The molecule has 7 heteroatoms. The van der Waals surface area contributed by atoms with Crippen LogP contribution in [0.25, 0.3) is 0 Å². The van der Waals surface area contributed by atoms with Gasteiger partial charge in [0, 0.05) is 50.3 Å². The van der Waals surface area contributed by atoms with Crippen LogP contribution >= 0.6 is 0 Å². The summed E-state index contributed by atoms with van der Waals surface area (Å²) >= 11 is 0. The Kier molecular flexibility index (Phi) is 6.75. The molecule has 0 spiro atoms. The summed E-state index contributed by atoms with van der Waals surface area (Å²) in [5.41, 5.74) is 3.75. The minimum absolute atomic E-state index is 0.427. The lowest BCUT2D eigenvalue weighted by Crippen LogP contribution is -2.49. The first-order valence-electron chi connectivity index (χ1n) is 10.6. The van der Waals surface area contributed by atoms with Crippen molar-refractivity contribution in [3.8, 4) is 0 Å². The number of hydrogen-bond acceptors (Lipinski definition) is 3. The molecule has 0 saturated carbocycles. The zero-order valence-electron chi connectivity index (χ0n) is 18.0. The molecule has 0 aromatic carbocycles. The van der Waals surface area contributed by atoms with Crippen LogP contribution in [0, 0.1) is 5.92 Å². The molecule has 0 aliphatic carbocycles. The Morgan fingerprint density at radius 3 is 2.75 bits per heavy atom. The van der Waals surface area contributed by atoms with Gasteiger partial charge in [0.15, 0.2) is 5.96 Å². The van der Waals surface area contributed by atoms with E-state index in [2.05, 4.69) is 53.7 Å². The number of aliphatic imine (C=N–C) groups is 1. The molecule has 154 valence electrons. The lowest BCUT2D eigenvalue weighted by Gasteiger charge is -2.39. The molecule has 1 fully saturated rings. The van der Waals surface area contributed by atoms with Crippen LogP contribution in [0.3, 0.4) is 0 Å². The summed E-state index contributed by atoms with van der Waals surface area (Å²) in [6.45, 7) is 12.4. The molecule has 2 atom stereocenters. The average molecular weight is 386 g/mol. The molecule has 0 radical (unpaired) electrons. The van der Waals surface area contributed by atoms with Gasteiger partial charge in [0.1, 0.15) is 0 Å². The number of likely N-dealkylation sites (tertiary alicyclic amines) is 1. The van der Waals surface area contributed by atoms with Crippen LogP contribution in [0.4, 0.5) is 0 Å². The highest BCUT2D eigenvalue weighted by Gasteiger charge is 2.29. The third-order valence-electron chi connectivity index (χ3n) is 5.88. The zero-order chi connectivity index (χ0) is 20.1. The van der Waals surface area contributed by atoms with Gasteiger partial charge in [-0.1, -0.05) is 20.8 Å². The smallest absolute Gasteiger partial charge is 0.194 e. The SMILES string of the molecule is CCNC(=NCc1c(CC)nn(C)c1CC)N1CCC(C)C(n2ccnc2)C1. The summed E-state index contributed by atoms with van der Waals surface area (Å²) in [6, 6.07) is 0.427. The standard InChI is InChI=1S/C21H35N7/c1-6-18-17(19(7-2)26(5)25-18)13-24-21(23-8-3)27-11-9-16(4)20(14-27)28-12-10-22-15-28/h10,12,15-16,20H,6-9,11,13-14H2,1-5H3,(H,23,24). The van der Waals surface area contributed by atoms with Crippen LogP contribution in [0.15, 0.2) is 23.7 Å². The second kappa shape index (κ2) is 9.26. The van der Waals surface area contributed by atoms with E-state index in [-0.39, 0.29) is 0 Å². The first kappa shape index (κ1) is 20.4. The molecule has 2 aromatic heterocycles. The molecule has 2 aromatic rings. The molecule has 1 aliphatic rings. The molecular weight excluding hydrogens is 350 g/mol. The van der Waals surface area contributed by atoms with Crippen LogP contribution in [-0.4, -0.2) is 49.8 Å². The number of rotatable bonds is 6. The van der Waals surface area contributed by atoms with Crippen LogP contribution in [0.2, 0.25) is 0 Å². The number of nitrogens with one attached hydrogen (secondary N) is 1. The molecule has 3 rings (SSSR count). The minimum Gasteiger partial charge on any atom is -0.357 e. The van der Waals surface area contributed by atoms with E-state index >= 15 is 0 Å². The topological polar surface area (TPSA) is 63.3 Å². The predicted octanol–water partition coefficient (Wildman–Crippen LogP) is 2.79. The van der Waals surface area contributed by atoms with E-state index in [0.29, 0.717) is 18.5 Å². The van der Waals surface area contributed by atoms with Crippen LogP contribution < -0.4 is 5.32 Å². The van der Waals surface area contributed by atoms with Crippen molar-refractivity contribution in [2.75, 3.05) is 19.6 Å². The Bertz CT molecular complexity index is 775. The molecule has 2 unspecified atom stereocenters. The largest absolute Gasteiger partial charge is 0.357 e. The van der Waals surface area contributed by atoms with Gasteiger partial charge < -0.3 is 14.8 Å². The van der Waals surface area contributed by atoms with Gasteiger partial charge in [0.2, 0.25) is 0 Å². The summed E-state index contributed by atoms with van der Waals surface area (Å²) < 4.78 is 4.26. The van der Waals surface area contributed by atoms with Gasteiger partial charge in [-0.05, 0) is 32.1 Å². The highest BCUT2D eigenvalue weighted by Crippen LogP contribution is 2.27. The number of hydrogen-bond donors (Lipinski definition) is 1. The Morgan fingerprint density at radius 2 is 2.11 bits per heavy atom. The van der Waals surface area contributed by atoms with E-state index in [1.807, 2.05) is 24.3 Å².